The lowest BCUT2D eigenvalue weighted by Gasteiger charge is -2.21. The van der Waals surface area contributed by atoms with Crippen LogP contribution < -0.4 is 4.72 Å². The van der Waals surface area contributed by atoms with Crippen LogP contribution in [0, 0.1) is 6.92 Å². The summed E-state index contributed by atoms with van der Waals surface area (Å²) in [5.74, 6) is 0. The van der Waals surface area contributed by atoms with Gasteiger partial charge in [-0.1, -0.05) is 78.4 Å². The van der Waals surface area contributed by atoms with Crippen LogP contribution in [0.25, 0.3) is 0 Å². The zero-order chi connectivity index (χ0) is 24.7. The standard InChI is InChI=1S/C27H30ClNO5S/c1-20-12-14-23(15-13-20)35(30,31)29-27-25(19-33-17-22-10-6-3-7-11-22)34-24(26(27)28)18-32-16-21-8-4-2-5-9-21/h2-15,24-27,29H,16-19H2,1H3/t24-,25-,26-,27-/m1/s1. The first-order chi connectivity index (χ1) is 16.9. The van der Waals surface area contributed by atoms with Gasteiger partial charge < -0.3 is 14.2 Å². The molecule has 1 aliphatic heterocycles. The molecule has 4 atom stereocenters. The lowest BCUT2D eigenvalue weighted by Crippen LogP contribution is -2.47. The molecule has 1 fully saturated rings. The number of sulfonamides is 1. The molecular weight excluding hydrogens is 486 g/mol. The number of ether oxygens (including phenoxy) is 3. The van der Waals surface area contributed by atoms with Crippen LogP contribution in [0.1, 0.15) is 16.7 Å². The fourth-order valence-corrected chi connectivity index (χ4v) is 5.65. The minimum absolute atomic E-state index is 0.180. The van der Waals surface area contributed by atoms with E-state index in [-0.39, 0.29) is 18.1 Å². The molecule has 0 unspecified atom stereocenters. The van der Waals surface area contributed by atoms with E-state index in [0.717, 1.165) is 16.7 Å². The normalized spacial score (nSPS) is 22.3. The number of nitrogens with one attached hydrogen (secondary N) is 1. The number of alkyl halides is 1. The third-order valence-corrected chi connectivity index (χ3v) is 7.89. The summed E-state index contributed by atoms with van der Waals surface area (Å²) in [5.41, 5.74) is 3.04. The zero-order valence-electron chi connectivity index (χ0n) is 19.5. The first-order valence-electron chi connectivity index (χ1n) is 11.5. The van der Waals surface area contributed by atoms with Gasteiger partial charge in [-0.2, -0.15) is 0 Å². The molecule has 0 radical (unpaired) electrons. The lowest BCUT2D eigenvalue weighted by molar-refractivity contribution is -0.0531. The Labute approximate surface area is 212 Å². The van der Waals surface area contributed by atoms with Gasteiger partial charge >= 0.3 is 0 Å². The highest BCUT2D eigenvalue weighted by molar-refractivity contribution is 7.89. The Morgan fingerprint density at radius 1 is 0.800 bits per heavy atom. The van der Waals surface area contributed by atoms with Crippen molar-refractivity contribution in [3.05, 3.63) is 102 Å². The molecule has 0 bridgehead atoms. The number of rotatable bonds is 11. The molecule has 4 rings (SSSR count). The van der Waals surface area contributed by atoms with Gasteiger partial charge in [0.2, 0.25) is 10.0 Å². The molecule has 0 spiro atoms. The first kappa shape index (κ1) is 25.8. The minimum Gasteiger partial charge on any atom is -0.374 e. The monoisotopic (exact) mass is 515 g/mol. The van der Waals surface area contributed by atoms with Crippen molar-refractivity contribution in [2.24, 2.45) is 0 Å². The molecule has 0 aromatic heterocycles. The van der Waals surface area contributed by atoms with Crippen molar-refractivity contribution in [3.8, 4) is 0 Å². The number of hydrogen-bond acceptors (Lipinski definition) is 5. The number of hydrogen-bond donors (Lipinski definition) is 1. The summed E-state index contributed by atoms with van der Waals surface area (Å²) >= 11 is 6.75. The molecular formula is C27H30ClNO5S. The second-order valence-electron chi connectivity index (χ2n) is 8.62. The van der Waals surface area contributed by atoms with E-state index in [1.54, 1.807) is 24.3 Å². The van der Waals surface area contributed by atoms with Gasteiger partial charge in [-0.05, 0) is 30.2 Å². The maximum absolute atomic E-state index is 13.1. The van der Waals surface area contributed by atoms with Gasteiger partial charge in [0.1, 0.15) is 0 Å². The average Bonchev–Trinajstić information content (AvgIpc) is 3.14. The van der Waals surface area contributed by atoms with Crippen LogP contribution in [0.5, 0.6) is 0 Å². The van der Waals surface area contributed by atoms with Crippen LogP contribution in [0.15, 0.2) is 89.8 Å². The zero-order valence-corrected chi connectivity index (χ0v) is 21.1. The third-order valence-electron chi connectivity index (χ3n) is 5.86. The van der Waals surface area contributed by atoms with E-state index in [0.29, 0.717) is 13.2 Å². The van der Waals surface area contributed by atoms with Gasteiger partial charge in [0.15, 0.2) is 0 Å². The maximum Gasteiger partial charge on any atom is 0.240 e. The smallest absolute Gasteiger partial charge is 0.240 e. The fourth-order valence-electron chi connectivity index (χ4n) is 3.93. The van der Waals surface area contributed by atoms with E-state index >= 15 is 0 Å². The van der Waals surface area contributed by atoms with Gasteiger partial charge in [-0.3, -0.25) is 0 Å². The summed E-state index contributed by atoms with van der Waals surface area (Å²) < 4.78 is 46.8. The Hall–Kier alpha value is -2.26. The van der Waals surface area contributed by atoms with Gasteiger partial charge in [-0.15, -0.1) is 11.6 Å². The molecule has 0 amide bonds. The number of aryl methyl sites for hydroxylation is 1. The quantitative estimate of drug-likeness (QED) is 0.382. The Morgan fingerprint density at radius 3 is 1.86 bits per heavy atom. The second-order valence-corrected chi connectivity index (χ2v) is 10.8. The first-order valence-corrected chi connectivity index (χ1v) is 13.5. The largest absolute Gasteiger partial charge is 0.374 e. The van der Waals surface area contributed by atoms with Crippen LogP contribution in [0.3, 0.4) is 0 Å². The highest BCUT2D eigenvalue weighted by Gasteiger charge is 2.45. The Kier molecular flexibility index (Phi) is 8.94. The number of halogens is 1. The Balaban J connectivity index is 1.43. The molecule has 1 saturated heterocycles. The number of benzene rings is 3. The van der Waals surface area contributed by atoms with Crippen LogP contribution in [0.4, 0.5) is 0 Å². The molecule has 0 saturated carbocycles. The highest BCUT2D eigenvalue weighted by atomic mass is 35.5. The Bertz CT molecular complexity index is 1160. The highest BCUT2D eigenvalue weighted by Crippen LogP contribution is 2.29. The molecule has 1 N–H and O–H groups in total. The Morgan fingerprint density at radius 2 is 1.31 bits per heavy atom. The van der Waals surface area contributed by atoms with Crippen molar-refractivity contribution < 1.29 is 22.6 Å². The SMILES string of the molecule is Cc1ccc(S(=O)(=O)N[C@H]2[C@H](Cl)[C@@H](COCc3ccccc3)O[C@@H]2COCc2ccccc2)cc1. The molecule has 3 aromatic rings. The third kappa shape index (κ3) is 7.13. The van der Waals surface area contributed by atoms with E-state index in [9.17, 15) is 8.42 Å². The molecule has 0 aliphatic carbocycles. The predicted octanol–water partition coefficient (Wildman–Crippen LogP) is 4.45. The van der Waals surface area contributed by atoms with E-state index in [1.807, 2.05) is 67.6 Å². The molecule has 1 heterocycles. The van der Waals surface area contributed by atoms with Crippen LogP contribution in [0.2, 0.25) is 0 Å². The van der Waals surface area contributed by atoms with E-state index in [4.69, 9.17) is 25.8 Å². The summed E-state index contributed by atoms with van der Waals surface area (Å²) in [7, 11) is -3.80. The summed E-state index contributed by atoms with van der Waals surface area (Å²) in [5, 5.41) is -0.628. The van der Waals surface area contributed by atoms with Crippen LogP contribution in [-0.4, -0.2) is 45.3 Å². The van der Waals surface area contributed by atoms with Crippen molar-refractivity contribution in [1.82, 2.24) is 4.72 Å². The second kappa shape index (κ2) is 12.1. The molecule has 6 nitrogen and oxygen atoms in total. The van der Waals surface area contributed by atoms with E-state index in [2.05, 4.69) is 4.72 Å². The minimum atomic E-state index is -3.80. The molecule has 8 heteroatoms. The summed E-state index contributed by atoms with van der Waals surface area (Å²) in [4.78, 5) is 0.180. The molecule has 35 heavy (non-hydrogen) atoms. The van der Waals surface area contributed by atoms with Crippen molar-refractivity contribution in [1.29, 1.82) is 0 Å². The van der Waals surface area contributed by atoms with E-state index < -0.39 is 33.7 Å². The van der Waals surface area contributed by atoms with Gasteiger partial charge in [0, 0.05) is 0 Å². The van der Waals surface area contributed by atoms with Crippen LogP contribution >= 0.6 is 11.6 Å². The topological polar surface area (TPSA) is 73.9 Å². The van der Waals surface area contributed by atoms with E-state index in [1.165, 1.54) is 0 Å². The summed E-state index contributed by atoms with van der Waals surface area (Å²) in [6.07, 6.45) is -1.05. The van der Waals surface area contributed by atoms with Crippen LogP contribution in [-0.2, 0) is 37.4 Å². The fraction of sp³-hybridized carbons (Fsp3) is 0.333. The predicted molar refractivity (Wildman–Crippen MR) is 136 cm³/mol. The molecule has 186 valence electrons. The average molecular weight is 516 g/mol. The maximum atomic E-state index is 13.1. The van der Waals surface area contributed by atoms with Crippen molar-refractivity contribution >= 4 is 21.6 Å². The van der Waals surface area contributed by atoms with Gasteiger partial charge in [0.05, 0.1) is 54.9 Å². The van der Waals surface area contributed by atoms with Crippen molar-refractivity contribution in [2.45, 2.75) is 48.7 Å². The summed E-state index contributed by atoms with van der Waals surface area (Å²) in [6, 6.07) is 25.6. The summed E-state index contributed by atoms with van der Waals surface area (Å²) in [6.45, 7) is 3.14. The van der Waals surface area contributed by atoms with Crippen molar-refractivity contribution in [2.75, 3.05) is 13.2 Å². The molecule has 3 aromatic carbocycles. The van der Waals surface area contributed by atoms with Gasteiger partial charge in [-0.25, -0.2) is 13.1 Å². The molecule has 1 aliphatic rings. The lowest BCUT2D eigenvalue weighted by atomic mass is 10.1. The van der Waals surface area contributed by atoms with Crippen molar-refractivity contribution in [3.63, 3.8) is 0 Å². The van der Waals surface area contributed by atoms with Gasteiger partial charge in [0.25, 0.3) is 0 Å².